The molecule has 0 radical (unpaired) electrons. The molecule has 2 unspecified atom stereocenters. The number of unbranched alkanes of at least 4 members (excludes halogenated alkanes) is 43. The SMILES string of the molecule is CCCCCCCCCCCCCCCCC(=O)OC[C@H](COP(=O)(O)OC[C@@H](O)COP(=O)(O)OC[C@@H](COC(=O)CCCCCCCCCCCC)OC(=O)CCCCCCCCCCC(C)C)OC(=O)CCCCCCCCCCCCCCCCCC(C)C. The topological polar surface area (TPSA) is 237 Å². The average Bonchev–Trinajstić information content (AvgIpc) is 2.01. The lowest BCUT2D eigenvalue weighted by Gasteiger charge is -2.21. The molecule has 0 fully saturated rings. The fourth-order valence-corrected chi connectivity index (χ4v) is 12.9. The van der Waals surface area contributed by atoms with Gasteiger partial charge in [0.05, 0.1) is 26.4 Å². The van der Waals surface area contributed by atoms with Crippen LogP contribution in [0.15, 0.2) is 0 Å². The van der Waals surface area contributed by atoms with Gasteiger partial charge >= 0.3 is 39.5 Å². The Labute approximate surface area is 568 Å². The maximum Gasteiger partial charge on any atom is 0.472 e. The molecule has 0 saturated heterocycles. The fourth-order valence-electron chi connectivity index (χ4n) is 11.3. The number of phosphoric ester groups is 2. The Hall–Kier alpha value is -1.94. The minimum Gasteiger partial charge on any atom is -0.462 e. The van der Waals surface area contributed by atoms with Gasteiger partial charge in [0.2, 0.25) is 0 Å². The van der Waals surface area contributed by atoms with Crippen molar-refractivity contribution in [2.45, 2.75) is 400 Å². The van der Waals surface area contributed by atoms with E-state index < -0.39 is 97.5 Å². The van der Waals surface area contributed by atoms with E-state index in [1.54, 1.807) is 0 Å². The van der Waals surface area contributed by atoms with E-state index in [0.29, 0.717) is 25.7 Å². The fraction of sp³-hybridized carbons (Fsp3) is 0.946. The Kier molecular flexibility index (Phi) is 64.6. The number of aliphatic hydroxyl groups excluding tert-OH is 1. The summed E-state index contributed by atoms with van der Waals surface area (Å²) in [5.74, 6) is -0.598. The first-order valence-electron chi connectivity index (χ1n) is 38.5. The highest BCUT2D eigenvalue weighted by atomic mass is 31.2. The van der Waals surface area contributed by atoms with Gasteiger partial charge in [-0.25, -0.2) is 9.13 Å². The summed E-state index contributed by atoms with van der Waals surface area (Å²) in [6.45, 7) is 9.56. The number of rotatable bonds is 73. The number of carbonyl (C=O) groups excluding carboxylic acids is 4. The van der Waals surface area contributed by atoms with Crippen LogP contribution in [0.1, 0.15) is 382 Å². The molecule has 0 bridgehead atoms. The standard InChI is InChI=1S/C74H144O17P2/c1-7-9-11-13-15-17-19-20-25-28-32-39-45-51-57-72(77)85-62-69(90-73(78)58-52-46-40-33-29-26-23-21-22-24-27-30-36-42-48-54-66(3)4)64-88-92(80,81)86-60-68(75)61-87-93(82,83)89-65-70(63-84-71(76)56-50-44-38-31-18-16-14-12-10-8-2)91-74(79)59-53-47-41-35-34-37-43-49-55-67(5)6/h66-70,75H,7-65H2,1-6H3,(H,80,81)(H,82,83)/t68-,69-,70-/m1/s1. The van der Waals surface area contributed by atoms with E-state index in [-0.39, 0.29) is 25.7 Å². The lowest BCUT2D eigenvalue weighted by Crippen LogP contribution is -2.30. The Balaban J connectivity index is 5.23. The second kappa shape index (κ2) is 66.0. The van der Waals surface area contributed by atoms with Gasteiger partial charge in [-0.3, -0.25) is 37.3 Å². The zero-order valence-corrected chi connectivity index (χ0v) is 62.3. The lowest BCUT2D eigenvalue weighted by atomic mass is 10.0. The smallest absolute Gasteiger partial charge is 0.462 e. The van der Waals surface area contributed by atoms with Gasteiger partial charge in [-0.15, -0.1) is 0 Å². The largest absolute Gasteiger partial charge is 0.472 e. The Morgan fingerprint density at radius 3 is 0.731 bits per heavy atom. The summed E-state index contributed by atoms with van der Waals surface area (Å²) in [6.07, 6.45) is 52.7. The maximum absolute atomic E-state index is 13.1. The van der Waals surface area contributed by atoms with Crippen LogP contribution in [0.2, 0.25) is 0 Å². The van der Waals surface area contributed by atoms with E-state index in [2.05, 4.69) is 41.5 Å². The zero-order chi connectivity index (χ0) is 68.6. The summed E-state index contributed by atoms with van der Waals surface area (Å²) in [4.78, 5) is 72.7. The summed E-state index contributed by atoms with van der Waals surface area (Å²) in [5.41, 5.74) is 0. The van der Waals surface area contributed by atoms with Gasteiger partial charge in [-0.1, -0.05) is 330 Å². The van der Waals surface area contributed by atoms with Gasteiger partial charge in [0.15, 0.2) is 12.2 Å². The van der Waals surface area contributed by atoms with E-state index in [4.69, 9.17) is 37.0 Å². The van der Waals surface area contributed by atoms with Crippen LogP contribution in [0.4, 0.5) is 0 Å². The summed E-state index contributed by atoms with van der Waals surface area (Å²) in [6, 6.07) is 0. The third kappa shape index (κ3) is 68.4. The summed E-state index contributed by atoms with van der Waals surface area (Å²) >= 11 is 0. The average molecular weight is 1370 g/mol. The normalized spacial score (nSPS) is 14.1. The highest BCUT2D eigenvalue weighted by molar-refractivity contribution is 7.47. The lowest BCUT2D eigenvalue weighted by molar-refractivity contribution is -0.161. The van der Waals surface area contributed by atoms with E-state index in [1.165, 1.54) is 199 Å². The Morgan fingerprint density at radius 1 is 0.290 bits per heavy atom. The highest BCUT2D eigenvalue weighted by Gasteiger charge is 2.30. The molecule has 0 aliphatic heterocycles. The molecule has 3 N–H and O–H groups in total. The van der Waals surface area contributed by atoms with Crippen LogP contribution in [0.3, 0.4) is 0 Å². The van der Waals surface area contributed by atoms with Crippen molar-refractivity contribution in [1.82, 2.24) is 0 Å². The molecule has 0 amide bonds. The van der Waals surface area contributed by atoms with E-state index >= 15 is 0 Å². The van der Waals surface area contributed by atoms with Crippen LogP contribution in [-0.2, 0) is 65.4 Å². The summed E-state index contributed by atoms with van der Waals surface area (Å²) < 4.78 is 68.4. The van der Waals surface area contributed by atoms with E-state index in [1.807, 2.05) is 0 Å². The van der Waals surface area contributed by atoms with E-state index in [0.717, 1.165) is 102 Å². The van der Waals surface area contributed by atoms with Crippen LogP contribution in [0, 0.1) is 11.8 Å². The molecule has 0 aromatic heterocycles. The van der Waals surface area contributed by atoms with Crippen LogP contribution in [0.25, 0.3) is 0 Å². The zero-order valence-electron chi connectivity index (χ0n) is 60.6. The number of hydrogen-bond acceptors (Lipinski definition) is 15. The van der Waals surface area contributed by atoms with Crippen LogP contribution < -0.4 is 0 Å². The van der Waals surface area contributed by atoms with Crippen molar-refractivity contribution in [1.29, 1.82) is 0 Å². The van der Waals surface area contributed by atoms with Gasteiger partial charge in [0, 0.05) is 25.7 Å². The molecule has 5 atom stereocenters. The molecule has 552 valence electrons. The van der Waals surface area contributed by atoms with Gasteiger partial charge in [0.1, 0.15) is 19.3 Å². The molecule has 0 aliphatic carbocycles. The van der Waals surface area contributed by atoms with Crippen LogP contribution in [-0.4, -0.2) is 96.7 Å². The second-order valence-corrected chi connectivity index (χ2v) is 30.5. The molecule has 17 nitrogen and oxygen atoms in total. The second-order valence-electron chi connectivity index (χ2n) is 27.6. The van der Waals surface area contributed by atoms with Crippen molar-refractivity contribution >= 4 is 39.5 Å². The number of carbonyl (C=O) groups is 4. The minimum absolute atomic E-state index is 0.105. The molecule has 93 heavy (non-hydrogen) atoms. The number of phosphoric acid groups is 2. The molecule has 0 aliphatic rings. The minimum atomic E-state index is -4.96. The van der Waals surface area contributed by atoms with Gasteiger partial charge in [0.25, 0.3) is 0 Å². The molecule has 0 aromatic carbocycles. The maximum atomic E-state index is 13.1. The van der Waals surface area contributed by atoms with Crippen molar-refractivity contribution in [3.05, 3.63) is 0 Å². The third-order valence-electron chi connectivity index (χ3n) is 17.2. The Morgan fingerprint density at radius 2 is 0.495 bits per heavy atom. The number of esters is 4. The molecule has 0 heterocycles. The summed E-state index contributed by atoms with van der Waals surface area (Å²) in [5, 5.41) is 10.6. The molecular formula is C74H144O17P2. The highest BCUT2D eigenvalue weighted by Crippen LogP contribution is 2.45. The molecule has 0 spiro atoms. The van der Waals surface area contributed by atoms with Crippen molar-refractivity contribution < 1.29 is 80.2 Å². The van der Waals surface area contributed by atoms with Gasteiger partial charge in [-0.2, -0.15) is 0 Å². The summed E-state index contributed by atoms with van der Waals surface area (Å²) in [7, 11) is -9.91. The monoisotopic (exact) mass is 1370 g/mol. The quantitative estimate of drug-likeness (QED) is 0.0222. The number of hydrogen-bond donors (Lipinski definition) is 3. The molecular weight excluding hydrogens is 1220 g/mol. The predicted molar refractivity (Wildman–Crippen MR) is 377 cm³/mol. The van der Waals surface area contributed by atoms with E-state index in [9.17, 15) is 43.2 Å². The molecule has 0 aromatic rings. The number of aliphatic hydroxyl groups is 1. The first-order chi connectivity index (χ1) is 44.9. The van der Waals surface area contributed by atoms with Crippen LogP contribution >= 0.6 is 15.6 Å². The molecule has 0 saturated carbocycles. The number of ether oxygens (including phenoxy) is 4. The van der Waals surface area contributed by atoms with Gasteiger partial charge in [-0.05, 0) is 37.5 Å². The molecule has 0 rings (SSSR count). The van der Waals surface area contributed by atoms with Crippen molar-refractivity contribution in [2.75, 3.05) is 39.6 Å². The van der Waals surface area contributed by atoms with Gasteiger partial charge < -0.3 is 33.8 Å². The van der Waals surface area contributed by atoms with Crippen molar-refractivity contribution in [3.8, 4) is 0 Å². The predicted octanol–water partition coefficient (Wildman–Crippen LogP) is 21.6. The van der Waals surface area contributed by atoms with Crippen LogP contribution in [0.5, 0.6) is 0 Å². The van der Waals surface area contributed by atoms with Crippen molar-refractivity contribution in [3.63, 3.8) is 0 Å². The molecule has 19 heteroatoms. The first-order valence-corrected chi connectivity index (χ1v) is 41.5. The Bertz CT molecular complexity index is 1800. The van der Waals surface area contributed by atoms with Crippen molar-refractivity contribution in [2.24, 2.45) is 11.8 Å². The third-order valence-corrected chi connectivity index (χ3v) is 19.1. The first kappa shape index (κ1) is 91.1.